The lowest BCUT2D eigenvalue weighted by Crippen LogP contribution is -2.43. The molecule has 3 N–H and O–H groups in total. The molecule has 3 heteroatoms. The topological polar surface area (TPSA) is 41.3 Å². The van der Waals surface area contributed by atoms with Gasteiger partial charge >= 0.3 is 0 Å². The Morgan fingerprint density at radius 2 is 1.62 bits per heavy atom. The summed E-state index contributed by atoms with van der Waals surface area (Å²) in [6, 6.07) is 0.472. The first kappa shape index (κ1) is 13.9. The van der Waals surface area contributed by atoms with Gasteiger partial charge in [0.25, 0.3) is 0 Å². The summed E-state index contributed by atoms with van der Waals surface area (Å²) in [5.74, 6) is 0.936. The maximum absolute atomic E-state index is 5.89. The molecule has 2 aliphatic rings. The number of nitrogens with two attached hydrogens (primary N) is 1. The molecule has 0 aliphatic carbocycles. The standard InChI is InChI=1S/C11H23N3.C2H6/c12-11-3-7-14(8-4-11)9-10-1-5-13-6-2-10;1-2/h10-11,13H,1-9,12H2;1-2H3. The van der Waals surface area contributed by atoms with Crippen molar-refractivity contribution in [1.29, 1.82) is 0 Å². The average molecular weight is 227 g/mol. The SMILES string of the molecule is CC.NC1CCN(CC2CCNCC2)CC1. The molecular formula is C13H29N3. The quantitative estimate of drug-likeness (QED) is 0.750. The van der Waals surface area contributed by atoms with Crippen LogP contribution in [0.15, 0.2) is 0 Å². The van der Waals surface area contributed by atoms with Gasteiger partial charge in [0.2, 0.25) is 0 Å². The van der Waals surface area contributed by atoms with Crippen molar-refractivity contribution >= 4 is 0 Å². The first-order chi connectivity index (χ1) is 7.84. The van der Waals surface area contributed by atoms with Crippen molar-refractivity contribution < 1.29 is 0 Å². The summed E-state index contributed by atoms with van der Waals surface area (Å²) in [6.45, 7) is 10.2. The Labute approximate surface area is 101 Å². The van der Waals surface area contributed by atoms with E-state index in [1.807, 2.05) is 13.8 Å². The van der Waals surface area contributed by atoms with Crippen LogP contribution in [0.25, 0.3) is 0 Å². The summed E-state index contributed by atoms with van der Waals surface area (Å²) in [5.41, 5.74) is 5.89. The lowest BCUT2D eigenvalue weighted by molar-refractivity contribution is 0.168. The zero-order valence-corrected chi connectivity index (χ0v) is 11.0. The third-order valence-corrected chi connectivity index (χ3v) is 3.61. The molecule has 2 fully saturated rings. The van der Waals surface area contributed by atoms with Crippen LogP contribution in [0, 0.1) is 5.92 Å². The minimum Gasteiger partial charge on any atom is -0.328 e. The second-order valence-electron chi connectivity index (χ2n) is 4.83. The molecule has 0 spiro atoms. The summed E-state index contributed by atoms with van der Waals surface area (Å²) in [4.78, 5) is 2.61. The van der Waals surface area contributed by atoms with Crippen molar-refractivity contribution in [3.63, 3.8) is 0 Å². The fourth-order valence-electron chi connectivity index (χ4n) is 2.56. The average Bonchev–Trinajstić information content (AvgIpc) is 2.36. The normalized spacial score (nSPS) is 24.9. The van der Waals surface area contributed by atoms with E-state index >= 15 is 0 Å². The van der Waals surface area contributed by atoms with Gasteiger partial charge in [-0.25, -0.2) is 0 Å². The lowest BCUT2D eigenvalue weighted by Gasteiger charge is -2.34. The molecule has 2 aliphatic heterocycles. The van der Waals surface area contributed by atoms with Gasteiger partial charge in [0.05, 0.1) is 0 Å². The second-order valence-corrected chi connectivity index (χ2v) is 4.83. The molecule has 0 amide bonds. The third kappa shape index (κ3) is 4.81. The summed E-state index contributed by atoms with van der Waals surface area (Å²) in [7, 11) is 0. The van der Waals surface area contributed by atoms with Crippen LogP contribution in [0.5, 0.6) is 0 Å². The molecule has 3 nitrogen and oxygen atoms in total. The number of hydrogen-bond donors (Lipinski definition) is 2. The predicted octanol–water partition coefficient (Wildman–Crippen LogP) is 1.44. The summed E-state index contributed by atoms with van der Waals surface area (Å²) in [6.07, 6.45) is 5.13. The third-order valence-electron chi connectivity index (χ3n) is 3.61. The first-order valence-corrected chi connectivity index (χ1v) is 7.03. The zero-order valence-electron chi connectivity index (χ0n) is 11.0. The number of nitrogens with one attached hydrogen (secondary N) is 1. The maximum atomic E-state index is 5.89. The van der Waals surface area contributed by atoms with Gasteiger partial charge in [-0.15, -0.1) is 0 Å². The van der Waals surface area contributed by atoms with E-state index in [4.69, 9.17) is 5.73 Å². The molecule has 2 saturated heterocycles. The van der Waals surface area contributed by atoms with Gasteiger partial charge in [0.1, 0.15) is 0 Å². The Hall–Kier alpha value is -0.120. The highest BCUT2D eigenvalue weighted by atomic mass is 15.1. The van der Waals surface area contributed by atoms with E-state index in [-0.39, 0.29) is 0 Å². The van der Waals surface area contributed by atoms with Crippen molar-refractivity contribution in [1.82, 2.24) is 10.2 Å². The maximum Gasteiger partial charge on any atom is 0.00631 e. The molecule has 0 aromatic rings. The Kier molecular flexibility index (Phi) is 7.01. The van der Waals surface area contributed by atoms with Gasteiger partial charge in [0, 0.05) is 12.6 Å². The van der Waals surface area contributed by atoms with Crippen LogP contribution in [0.4, 0.5) is 0 Å². The molecule has 2 heterocycles. The van der Waals surface area contributed by atoms with Crippen LogP contribution in [0.2, 0.25) is 0 Å². The van der Waals surface area contributed by atoms with E-state index in [0.29, 0.717) is 6.04 Å². The molecule has 2 rings (SSSR count). The van der Waals surface area contributed by atoms with Crippen molar-refractivity contribution in [3.8, 4) is 0 Å². The van der Waals surface area contributed by atoms with Crippen LogP contribution >= 0.6 is 0 Å². The van der Waals surface area contributed by atoms with Gasteiger partial charge in [-0.3, -0.25) is 0 Å². The largest absolute Gasteiger partial charge is 0.328 e. The fourth-order valence-corrected chi connectivity index (χ4v) is 2.56. The van der Waals surface area contributed by atoms with Crippen LogP contribution in [-0.2, 0) is 0 Å². The molecular weight excluding hydrogens is 198 g/mol. The summed E-state index contributed by atoms with van der Waals surface area (Å²) in [5, 5.41) is 3.42. The van der Waals surface area contributed by atoms with Gasteiger partial charge < -0.3 is 16.0 Å². The second kappa shape index (κ2) is 8.04. The van der Waals surface area contributed by atoms with Crippen LogP contribution < -0.4 is 11.1 Å². The Balaban J connectivity index is 0.000000606. The number of likely N-dealkylation sites (tertiary alicyclic amines) is 1. The first-order valence-electron chi connectivity index (χ1n) is 7.03. The molecule has 16 heavy (non-hydrogen) atoms. The highest BCUT2D eigenvalue weighted by Crippen LogP contribution is 2.16. The van der Waals surface area contributed by atoms with Gasteiger partial charge in [-0.2, -0.15) is 0 Å². The zero-order chi connectivity index (χ0) is 11.8. The smallest absolute Gasteiger partial charge is 0.00631 e. The van der Waals surface area contributed by atoms with Crippen molar-refractivity contribution in [2.45, 2.75) is 45.6 Å². The van der Waals surface area contributed by atoms with Gasteiger partial charge in [0.15, 0.2) is 0 Å². The fraction of sp³-hybridized carbons (Fsp3) is 1.00. The van der Waals surface area contributed by atoms with E-state index < -0.39 is 0 Å². The lowest BCUT2D eigenvalue weighted by atomic mass is 9.96. The Morgan fingerprint density at radius 3 is 2.19 bits per heavy atom. The number of rotatable bonds is 2. The van der Waals surface area contributed by atoms with Crippen molar-refractivity contribution in [2.24, 2.45) is 11.7 Å². The molecule has 96 valence electrons. The molecule has 0 radical (unpaired) electrons. The summed E-state index contributed by atoms with van der Waals surface area (Å²) >= 11 is 0. The number of piperidine rings is 2. The predicted molar refractivity (Wildman–Crippen MR) is 70.6 cm³/mol. The van der Waals surface area contributed by atoms with Crippen LogP contribution in [0.3, 0.4) is 0 Å². The molecule has 0 bridgehead atoms. The molecule has 0 aromatic heterocycles. The van der Waals surface area contributed by atoms with Gasteiger partial charge in [-0.1, -0.05) is 13.8 Å². The van der Waals surface area contributed by atoms with Gasteiger partial charge in [-0.05, 0) is 57.8 Å². The van der Waals surface area contributed by atoms with E-state index in [0.717, 1.165) is 5.92 Å². The van der Waals surface area contributed by atoms with E-state index in [1.165, 1.54) is 58.4 Å². The van der Waals surface area contributed by atoms with E-state index in [9.17, 15) is 0 Å². The Morgan fingerprint density at radius 1 is 1.06 bits per heavy atom. The number of nitrogens with zero attached hydrogens (tertiary/aromatic N) is 1. The molecule has 0 unspecified atom stereocenters. The van der Waals surface area contributed by atoms with Crippen molar-refractivity contribution in [3.05, 3.63) is 0 Å². The van der Waals surface area contributed by atoms with Crippen molar-refractivity contribution in [2.75, 3.05) is 32.7 Å². The minimum atomic E-state index is 0.472. The minimum absolute atomic E-state index is 0.472. The highest BCUT2D eigenvalue weighted by Gasteiger charge is 2.20. The monoisotopic (exact) mass is 227 g/mol. The molecule has 0 aromatic carbocycles. The highest BCUT2D eigenvalue weighted by molar-refractivity contribution is 4.78. The Bertz CT molecular complexity index is 159. The number of hydrogen-bond acceptors (Lipinski definition) is 3. The van der Waals surface area contributed by atoms with Crippen LogP contribution in [-0.4, -0.2) is 43.7 Å². The molecule has 0 atom stereocenters. The summed E-state index contributed by atoms with van der Waals surface area (Å²) < 4.78 is 0. The van der Waals surface area contributed by atoms with E-state index in [2.05, 4.69) is 10.2 Å². The van der Waals surface area contributed by atoms with Crippen LogP contribution in [0.1, 0.15) is 39.5 Å². The van der Waals surface area contributed by atoms with E-state index in [1.54, 1.807) is 0 Å². The molecule has 0 saturated carbocycles.